The summed E-state index contributed by atoms with van der Waals surface area (Å²) in [5.41, 5.74) is 10.6. The lowest BCUT2D eigenvalue weighted by Crippen LogP contribution is -2.25. The Labute approximate surface area is 329 Å². The molecule has 0 radical (unpaired) electrons. The van der Waals surface area contributed by atoms with Gasteiger partial charge in [0, 0.05) is 74.3 Å². The Bertz CT molecular complexity index is 2310. The third-order valence-corrected chi connectivity index (χ3v) is 12.3. The van der Waals surface area contributed by atoms with Crippen molar-refractivity contribution in [2.45, 2.75) is 93.4 Å². The number of fused-ring (bicyclic) bond motifs is 7. The molecule has 4 N–H and O–H groups in total. The third kappa shape index (κ3) is 7.45. The molecule has 10 heteroatoms. The highest BCUT2D eigenvalue weighted by atomic mass is 16.5. The summed E-state index contributed by atoms with van der Waals surface area (Å²) < 4.78 is 10.9. The fourth-order valence-corrected chi connectivity index (χ4v) is 8.60. The minimum Gasteiger partial charge on any atom is -0.468 e. The smallest absolute Gasteiger partial charge is 0.321 e. The predicted molar refractivity (Wildman–Crippen MR) is 221 cm³/mol. The molecule has 6 rings (SSSR count). The summed E-state index contributed by atoms with van der Waals surface area (Å²) in [5, 5.41) is 5.05. The zero-order chi connectivity index (χ0) is 40.4. The number of aldehydes is 1. The van der Waals surface area contributed by atoms with E-state index >= 15 is 0 Å². The van der Waals surface area contributed by atoms with Crippen LogP contribution in [0.4, 0.5) is 0 Å². The Morgan fingerprint density at radius 2 is 1.71 bits per heavy atom. The number of hydrogen-bond donors (Lipinski definition) is 4. The molecular weight excluding hydrogens is 705 g/mol. The number of methoxy groups -OCH3 is 1. The van der Waals surface area contributed by atoms with Gasteiger partial charge in [0.2, 0.25) is 0 Å². The van der Waals surface area contributed by atoms with Gasteiger partial charge in [-0.2, -0.15) is 0 Å². The van der Waals surface area contributed by atoms with E-state index in [1.165, 1.54) is 25.5 Å². The second kappa shape index (κ2) is 16.8. The van der Waals surface area contributed by atoms with Crippen LogP contribution in [0.5, 0.6) is 0 Å². The van der Waals surface area contributed by atoms with Crippen LogP contribution in [0.1, 0.15) is 139 Å². The van der Waals surface area contributed by atoms with Crippen molar-refractivity contribution >= 4 is 53.9 Å². The summed E-state index contributed by atoms with van der Waals surface area (Å²) in [4.78, 5) is 64.2. The van der Waals surface area contributed by atoms with Crippen LogP contribution in [0, 0.1) is 37.5 Å². The Morgan fingerprint density at radius 1 is 0.982 bits per heavy atom. The lowest BCUT2D eigenvalue weighted by Gasteiger charge is -2.19. The van der Waals surface area contributed by atoms with E-state index in [-0.39, 0.29) is 36.6 Å². The van der Waals surface area contributed by atoms with Gasteiger partial charge in [-0.3, -0.25) is 19.2 Å². The summed E-state index contributed by atoms with van der Waals surface area (Å²) in [6.07, 6.45) is 16.2. The van der Waals surface area contributed by atoms with Gasteiger partial charge in [-0.1, -0.05) is 58.8 Å². The van der Waals surface area contributed by atoms with E-state index in [0.29, 0.717) is 63.5 Å². The second-order valence-corrected chi connectivity index (χ2v) is 15.7. The van der Waals surface area contributed by atoms with Gasteiger partial charge in [0.05, 0.1) is 18.2 Å². The average Bonchev–Trinajstić information content (AvgIpc) is 3.93. The maximum atomic E-state index is 14.3. The molecule has 3 aromatic rings. The van der Waals surface area contributed by atoms with Gasteiger partial charge in [0.15, 0.2) is 12.1 Å². The van der Waals surface area contributed by atoms with Gasteiger partial charge in [0.25, 0.3) is 0 Å². The number of ether oxygens (including phenoxy) is 2. The number of Topliss-reactive ketones (excluding diaryl/α,β-unsaturated/α-hetero) is 1. The first-order valence-electron chi connectivity index (χ1n) is 20.0. The van der Waals surface area contributed by atoms with Gasteiger partial charge in [0.1, 0.15) is 12.5 Å². The first-order chi connectivity index (χ1) is 26.9. The van der Waals surface area contributed by atoms with Crippen LogP contribution in [-0.4, -0.2) is 52.7 Å². The fourth-order valence-electron chi connectivity index (χ4n) is 8.60. The van der Waals surface area contributed by atoms with Crippen LogP contribution in [0.15, 0.2) is 29.6 Å². The summed E-state index contributed by atoms with van der Waals surface area (Å²) in [6, 6.07) is 0. The molecular formula is C46H56N4O6. The Balaban J connectivity index is 1.46. The molecule has 0 aromatic carbocycles. The number of carbonyl (C=O) groups is 4. The number of nitrogens with one attached hydrogen (secondary N) is 4. The normalized spacial score (nSPS) is 22.6. The zero-order valence-electron chi connectivity index (χ0n) is 34.1. The van der Waals surface area contributed by atoms with E-state index in [4.69, 9.17) is 9.47 Å². The second-order valence-electron chi connectivity index (χ2n) is 15.7. The van der Waals surface area contributed by atoms with E-state index < -0.39 is 11.9 Å². The van der Waals surface area contributed by atoms with Crippen molar-refractivity contribution in [3.8, 4) is 0 Å². The molecule has 0 unspecified atom stereocenters. The van der Waals surface area contributed by atoms with Gasteiger partial charge < -0.3 is 29.7 Å². The van der Waals surface area contributed by atoms with Crippen molar-refractivity contribution in [3.05, 3.63) is 96.5 Å². The molecule has 5 heterocycles. The molecule has 0 amide bonds. The Hall–Kier alpha value is -5.38. The van der Waals surface area contributed by atoms with Crippen LogP contribution >= 0.6 is 0 Å². The van der Waals surface area contributed by atoms with E-state index in [1.54, 1.807) is 6.08 Å². The molecule has 56 heavy (non-hydrogen) atoms. The molecule has 0 saturated carbocycles. The van der Waals surface area contributed by atoms with E-state index in [1.807, 2.05) is 45.1 Å². The van der Waals surface area contributed by atoms with Crippen LogP contribution in [-0.2, 0) is 25.5 Å². The number of H-pyrrole nitrogens is 3. The van der Waals surface area contributed by atoms with E-state index in [2.05, 4.69) is 54.5 Å². The number of rotatable bonds is 14. The number of esters is 2. The SMILES string of the molecule is C=Cc1c2[nH]c(c1C)/C=C1\N/C(=C3\c4[nH]c(c(C)c4C(=O)[C@@H]3C(=O)OC)/C=c3\[nH]/c(c(C=O)c3CC)=C\2)[C@@H](CCC(=O)OC/C=C(\C)CCC[C@@H](C)CC)[C@@H]1C. The van der Waals surface area contributed by atoms with Crippen molar-refractivity contribution in [2.75, 3.05) is 13.7 Å². The van der Waals surface area contributed by atoms with Crippen LogP contribution in [0.25, 0.3) is 29.9 Å². The summed E-state index contributed by atoms with van der Waals surface area (Å²) in [6.45, 7) is 18.9. The molecule has 296 valence electrons. The van der Waals surface area contributed by atoms with Crippen molar-refractivity contribution in [1.82, 2.24) is 20.3 Å². The lowest BCUT2D eigenvalue weighted by molar-refractivity contribution is -0.143. The van der Waals surface area contributed by atoms with Crippen molar-refractivity contribution in [1.29, 1.82) is 0 Å². The quantitative estimate of drug-likeness (QED) is 0.0582. The summed E-state index contributed by atoms with van der Waals surface area (Å²) in [5.74, 6) is -2.16. The van der Waals surface area contributed by atoms with E-state index in [9.17, 15) is 19.2 Å². The van der Waals surface area contributed by atoms with Crippen LogP contribution in [0.3, 0.4) is 0 Å². The zero-order valence-corrected chi connectivity index (χ0v) is 34.1. The van der Waals surface area contributed by atoms with Gasteiger partial charge in [-0.15, -0.1) is 0 Å². The van der Waals surface area contributed by atoms with Crippen LogP contribution < -0.4 is 16.0 Å². The number of aromatic nitrogens is 3. The molecule has 1 fully saturated rings. The highest BCUT2D eigenvalue weighted by Crippen LogP contribution is 2.48. The highest BCUT2D eigenvalue weighted by Gasteiger charge is 2.48. The molecule has 10 nitrogen and oxygen atoms in total. The Morgan fingerprint density at radius 3 is 2.39 bits per heavy atom. The number of hydrogen-bond acceptors (Lipinski definition) is 7. The molecule has 3 aliphatic rings. The largest absolute Gasteiger partial charge is 0.468 e. The monoisotopic (exact) mass is 760 g/mol. The predicted octanol–water partition coefficient (Wildman–Crippen LogP) is 7.36. The maximum absolute atomic E-state index is 14.3. The minimum atomic E-state index is -1.18. The molecule has 1 saturated heterocycles. The maximum Gasteiger partial charge on any atom is 0.321 e. The molecule has 2 aliphatic heterocycles. The fraction of sp³-hybridized carbons (Fsp3) is 0.435. The van der Waals surface area contributed by atoms with Gasteiger partial charge in [-0.25, -0.2) is 0 Å². The standard InChI is InChI=1S/C46H56N4O6/c1-10-24(4)14-13-15-25(5)18-19-56-39(52)17-16-31-27(7)34-20-33-26(6)29(11-2)36(47-33)22-38-32(23-51)30(12-3)37(48-38)21-35-28(8)40-44(50-35)41(43(31)49-34)42(45(40)53)46(54)55-9/h11,18,20-24,27,31,42,47-50H,2,10,12-17,19H2,1,3-9H3/b25-18+,34-20-,37-21-,38-22-,43-41-/t24-,27-,31-,42+/m0/s1. The average molecular weight is 761 g/mol. The number of carbonyl (C=O) groups excluding carboxylic acids is 4. The highest BCUT2D eigenvalue weighted by molar-refractivity contribution is 6.24. The summed E-state index contributed by atoms with van der Waals surface area (Å²) in [7, 11) is 1.29. The Kier molecular flexibility index (Phi) is 12.1. The third-order valence-electron chi connectivity index (χ3n) is 12.3. The number of allylic oxidation sites excluding steroid dienone is 3. The van der Waals surface area contributed by atoms with Gasteiger partial charge >= 0.3 is 11.9 Å². The van der Waals surface area contributed by atoms with Crippen molar-refractivity contribution < 1.29 is 28.7 Å². The first-order valence-corrected chi connectivity index (χ1v) is 20.0. The van der Waals surface area contributed by atoms with E-state index in [0.717, 1.165) is 58.3 Å². The first kappa shape index (κ1) is 40.3. The molecule has 8 bridgehead atoms. The molecule has 4 atom stereocenters. The number of ketones is 1. The minimum absolute atomic E-state index is 0.130. The molecule has 3 aromatic heterocycles. The van der Waals surface area contributed by atoms with Crippen LogP contribution in [0.2, 0.25) is 0 Å². The van der Waals surface area contributed by atoms with Crippen molar-refractivity contribution in [3.63, 3.8) is 0 Å². The summed E-state index contributed by atoms with van der Waals surface area (Å²) >= 11 is 0. The number of aromatic amines is 3. The molecule has 0 spiro atoms. The molecule has 1 aliphatic carbocycles. The topological polar surface area (TPSA) is 146 Å². The van der Waals surface area contributed by atoms with Gasteiger partial charge in [-0.05, 0) is 93.4 Å². The van der Waals surface area contributed by atoms with Crippen molar-refractivity contribution in [2.24, 2.45) is 23.7 Å². The lowest BCUT2D eigenvalue weighted by atomic mass is 9.85.